The second kappa shape index (κ2) is 6.00. The first kappa shape index (κ1) is 11.6. The van der Waals surface area contributed by atoms with E-state index in [9.17, 15) is 0 Å². The molecule has 0 amide bonds. The lowest BCUT2D eigenvalue weighted by atomic mass is 10.3. The number of imidazole rings is 1. The number of methoxy groups -OCH3 is 1. The number of nitrogens with one attached hydrogen (secondary N) is 1. The third-order valence-corrected chi connectivity index (χ3v) is 2.45. The van der Waals surface area contributed by atoms with Gasteiger partial charge in [0, 0.05) is 45.0 Å². The number of rotatable bonds is 6. The number of nitrogens with zero attached hydrogens (tertiary/aromatic N) is 3. The van der Waals surface area contributed by atoms with Crippen molar-refractivity contribution >= 4 is 5.95 Å². The van der Waals surface area contributed by atoms with Crippen molar-refractivity contribution in [3.63, 3.8) is 0 Å². The molecule has 0 saturated carbocycles. The SMILES string of the molecule is COCCn1ccnc1NCc1ccncc1. The molecule has 2 heterocycles. The Morgan fingerprint density at radius 2 is 2.12 bits per heavy atom. The minimum atomic E-state index is 0.681. The topological polar surface area (TPSA) is 52.0 Å². The van der Waals surface area contributed by atoms with E-state index in [2.05, 4.69) is 15.3 Å². The van der Waals surface area contributed by atoms with Crippen LogP contribution in [0.1, 0.15) is 5.56 Å². The van der Waals surface area contributed by atoms with Crippen molar-refractivity contribution in [3.05, 3.63) is 42.5 Å². The van der Waals surface area contributed by atoms with Gasteiger partial charge in [0.15, 0.2) is 0 Å². The Labute approximate surface area is 100 Å². The normalized spacial score (nSPS) is 10.4. The minimum Gasteiger partial charge on any atom is -0.383 e. The van der Waals surface area contributed by atoms with E-state index in [0.29, 0.717) is 6.61 Å². The fraction of sp³-hybridized carbons (Fsp3) is 0.333. The van der Waals surface area contributed by atoms with Gasteiger partial charge in [0.25, 0.3) is 0 Å². The number of hydrogen-bond acceptors (Lipinski definition) is 4. The molecule has 0 saturated heterocycles. The van der Waals surface area contributed by atoms with Crippen molar-refractivity contribution in [2.24, 2.45) is 0 Å². The van der Waals surface area contributed by atoms with Crippen molar-refractivity contribution in [2.75, 3.05) is 19.0 Å². The number of ether oxygens (including phenoxy) is 1. The molecule has 90 valence electrons. The summed E-state index contributed by atoms with van der Waals surface area (Å²) in [5, 5.41) is 3.29. The Morgan fingerprint density at radius 3 is 2.88 bits per heavy atom. The fourth-order valence-corrected chi connectivity index (χ4v) is 1.53. The maximum absolute atomic E-state index is 5.05. The lowest BCUT2D eigenvalue weighted by Crippen LogP contribution is -2.10. The highest BCUT2D eigenvalue weighted by Gasteiger charge is 2.01. The molecular weight excluding hydrogens is 216 g/mol. The van der Waals surface area contributed by atoms with Gasteiger partial charge in [-0.15, -0.1) is 0 Å². The average molecular weight is 232 g/mol. The van der Waals surface area contributed by atoms with Crippen LogP contribution in [0.4, 0.5) is 5.95 Å². The zero-order chi connectivity index (χ0) is 11.9. The number of pyridine rings is 1. The quantitative estimate of drug-likeness (QED) is 0.820. The molecule has 0 aliphatic carbocycles. The summed E-state index contributed by atoms with van der Waals surface area (Å²) in [5.41, 5.74) is 1.18. The molecule has 17 heavy (non-hydrogen) atoms. The molecule has 2 aromatic rings. The van der Waals surface area contributed by atoms with Gasteiger partial charge in [-0.1, -0.05) is 0 Å². The van der Waals surface area contributed by atoms with Crippen LogP contribution in [-0.2, 0) is 17.8 Å². The molecule has 0 radical (unpaired) electrons. The number of anilines is 1. The number of hydrogen-bond donors (Lipinski definition) is 1. The van der Waals surface area contributed by atoms with E-state index in [-0.39, 0.29) is 0 Å². The molecule has 2 aromatic heterocycles. The highest BCUT2D eigenvalue weighted by atomic mass is 16.5. The van der Waals surface area contributed by atoms with Gasteiger partial charge in [0.05, 0.1) is 6.61 Å². The molecule has 0 aliphatic rings. The van der Waals surface area contributed by atoms with Gasteiger partial charge in [-0.2, -0.15) is 0 Å². The van der Waals surface area contributed by atoms with E-state index >= 15 is 0 Å². The van der Waals surface area contributed by atoms with E-state index in [1.807, 2.05) is 22.9 Å². The Kier molecular flexibility index (Phi) is 4.10. The molecule has 0 spiro atoms. The van der Waals surface area contributed by atoms with Gasteiger partial charge < -0.3 is 14.6 Å². The van der Waals surface area contributed by atoms with Crippen molar-refractivity contribution in [2.45, 2.75) is 13.1 Å². The molecule has 0 fully saturated rings. The van der Waals surface area contributed by atoms with E-state index < -0.39 is 0 Å². The lowest BCUT2D eigenvalue weighted by molar-refractivity contribution is 0.187. The first-order valence-electron chi connectivity index (χ1n) is 5.53. The maximum Gasteiger partial charge on any atom is 0.203 e. The van der Waals surface area contributed by atoms with E-state index in [1.165, 1.54) is 5.56 Å². The molecule has 2 rings (SSSR count). The second-order valence-corrected chi connectivity index (χ2v) is 3.65. The van der Waals surface area contributed by atoms with Crippen molar-refractivity contribution in [1.82, 2.24) is 14.5 Å². The van der Waals surface area contributed by atoms with E-state index in [0.717, 1.165) is 19.0 Å². The van der Waals surface area contributed by atoms with Crippen LogP contribution in [-0.4, -0.2) is 28.3 Å². The van der Waals surface area contributed by atoms with Crippen molar-refractivity contribution < 1.29 is 4.74 Å². The van der Waals surface area contributed by atoms with Gasteiger partial charge in [-0.05, 0) is 17.7 Å². The Morgan fingerprint density at radius 1 is 1.29 bits per heavy atom. The van der Waals surface area contributed by atoms with Gasteiger partial charge in [0.1, 0.15) is 0 Å². The Balaban J connectivity index is 1.92. The van der Waals surface area contributed by atoms with Crippen molar-refractivity contribution in [3.8, 4) is 0 Å². The first-order chi connectivity index (χ1) is 8.40. The van der Waals surface area contributed by atoms with Crippen molar-refractivity contribution in [1.29, 1.82) is 0 Å². The predicted octanol–water partition coefficient (Wildman–Crippen LogP) is 1.54. The molecule has 0 atom stereocenters. The van der Waals surface area contributed by atoms with Gasteiger partial charge in [0.2, 0.25) is 5.95 Å². The van der Waals surface area contributed by atoms with Gasteiger partial charge in [-0.25, -0.2) is 4.98 Å². The highest BCUT2D eigenvalue weighted by Crippen LogP contribution is 2.06. The minimum absolute atomic E-state index is 0.681. The fourth-order valence-electron chi connectivity index (χ4n) is 1.53. The monoisotopic (exact) mass is 232 g/mol. The smallest absolute Gasteiger partial charge is 0.203 e. The average Bonchev–Trinajstić information content (AvgIpc) is 2.82. The number of aromatic nitrogens is 3. The lowest BCUT2D eigenvalue weighted by Gasteiger charge is -2.09. The summed E-state index contributed by atoms with van der Waals surface area (Å²) >= 11 is 0. The summed E-state index contributed by atoms with van der Waals surface area (Å²) in [6.07, 6.45) is 7.29. The maximum atomic E-state index is 5.05. The summed E-state index contributed by atoms with van der Waals surface area (Å²) in [6.45, 7) is 2.22. The highest BCUT2D eigenvalue weighted by molar-refractivity contribution is 5.28. The molecule has 0 aliphatic heterocycles. The van der Waals surface area contributed by atoms with Gasteiger partial charge >= 0.3 is 0 Å². The van der Waals surface area contributed by atoms with Crippen LogP contribution in [0.25, 0.3) is 0 Å². The standard InChI is InChI=1S/C12H16N4O/c1-17-9-8-16-7-6-14-12(16)15-10-11-2-4-13-5-3-11/h2-7H,8-10H2,1H3,(H,14,15). The molecule has 0 unspecified atom stereocenters. The predicted molar refractivity (Wildman–Crippen MR) is 65.7 cm³/mol. The summed E-state index contributed by atoms with van der Waals surface area (Å²) in [5.74, 6) is 0.860. The van der Waals surface area contributed by atoms with E-state index in [1.54, 1.807) is 25.7 Å². The molecule has 0 bridgehead atoms. The third kappa shape index (κ3) is 3.29. The third-order valence-electron chi connectivity index (χ3n) is 2.45. The van der Waals surface area contributed by atoms with Crippen LogP contribution >= 0.6 is 0 Å². The zero-order valence-electron chi connectivity index (χ0n) is 9.84. The molecule has 5 heteroatoms. The zero-order valence-corrected chi connectivity index (χ0v) is 9.84. The molecular formula is C12H16N4O. The van der Waals surface area contributed by atoms with Crippen LogP contribution in [0, 0.1) is 0 Å². The Hall–Kier alpha value is -1.88. The first-order valence-corrected chi connectivity index (χ1v) is 5.53. The molecule has 0 aromatic carbocycles. The molecule has 1 N–H and O–H groups in total. The summed E-state index contributed by atoms with van der Waals surface area (Å²) in [6, 6.07) is 3.96. The second-order valence-electron chi connectivity index (χ2n) is 3.65. The van der Waals surface area contributed by atoms with Gasteiger partial charge in [-0.3, -0.25) is 4.98 Å². The van der Waals surface area contributed by atoms with Crippen LogP contribution in [0.15, 0.2) is 36.9 Å². The summed E-state index contributed by atoms with van der Waals surface area (Å²) in [7, 11) is 1.70. The molecule has 5 nitrogen and oxygen atoms in total. The largest absolute Gasteiger partial charge is 0.383 e. The van der Waals surface area contributed by atoms with Crippen LogP contribution in [0.3, 0.4) is 0 Å². The summed E-state index contributed by atoms with van der Waals surface area (Å²) < 4.78 is 7.08. The van der Waals surface area contributed by atoms with Crippen LogP contribution in [0.5, 0.6) is 0 Å². The van der Waals surface area contributed by atoms with Crippen LogP contribution in [0.2, 0.25) is 0 Å². The Bertz CT molecular complexity index is 441. The van der Waals surface area contributed by atoms with Crippen LogP contribution < -0.4 is 5.32 Å². The summed E-state index contributed by atoms with van der Waals surface area (Å²) in [4.78, 5) is 8.25. The van der Waals surface area contributed by atoms with E-state index in [4.69, 9.17) is 4.74 Å².